The van der Waals surface area contributed by atoms with E-state index in [-0.39, 0.29) is 18.5 Å². The molecule has 1 atom stereocenters. The second kappa shape index (κ2) is 12.1. The lowest BCUT2D eigenvalue weighted by atomic mass is 10.1. The van der Waals surface area contributed by atoms with Gasteiger partial charge in [0.2, 0.25) is 21.8 Å². The second-order valence-electron chi connectivity index (χ2n) is 8.87. The Kier molecular flexibility index (Phi) is 9.14. The molecule has 35 heavy (non-hydrogen) atoms. The minimum atomic E-state index is -3.76. The average molecular weight is 502 g/mol. The van der Waals surface area contributed by atoms with Crippen LogP contribution in [-0.2, 0) is 26.2 Å². The van der Waals surface area contributed by atoms with Crippen molar-refractivity contribution in [1.29, 1.82) is 0 Å². The van der Waals surface area contributed by atoms with Crippen molar-refractivity contribution in [3.8, 4) is 5.75 Å². The van der Waals surface area contributed by atoms with E-state index in [2.05, 4.69) is 5.32 Å². The van der Waals surface area contributed by atoms with E-state index in [1.807, 2.05) is 37.3 Å². The van der Waals surface area contributed by atoms with E-state index >= 15 is 0 Å². The highest BCUT2D eigenvalue weighted by molar-refractivity contribution is 7.92. The van der Waals surface area contributed by atoms with E-state index in [0.717, 1.165) is 41.8 Å². The lowest BCUT2D eigenvalue weighted by Gasteiger charge is -2.32. The molecule has 2 aromatic carbocycles. The highest BCUT2D eigenvalue weighted by atomic mass is 32.2. The number of benzene rings is 2. The fraction of sp³-hybridized carbons (Fsp3) is 0.462. The Morgan fingerprint density at radius 1 is 1.06 bits per heavy atom. The van der Waals surface area contributed by atoms with Crippen molar-refractivity contribution in [3.63, 3.8) is 0 Å². The third kappa shape index (κ3) is 7.45. The van der Waals surface area contributed by atoms with E-state index in [9.17, 15) is 18.0 Å². The summed E-state index contributed by atoms with van der Waals surface area (Å²) in [5.74, 6) is -0.0747. The number of nitrogens with zero attached hydrogens (tertiary/aromatic N) is 2. The smallest absolute Gasteiger partial charge is 0.244 e. The van der Waals surface area contributed by atoms with Crippen molar-refractivity contribution in [3.05, 3.63) is 60.2 Å². The van der Waals surface area contributed by atoms with Crippen LogP contribution in [0.3, 0.4) is 0 Å². The van der Waals surface area contributed by atoms with Gasteiger partial charge in [0.15, 0.2) is 0 Å². The Bertz CT molecular complexity index is 1080. The molecule has 1 aliphatic carbocycles. The highest BCUT2D eigenvalue weighted by Crippen LogP contribution is 2.23. The highest BCUT2D eigenvalue weighted by Gasteiger charge is 2.31. The molecule has 1 N–H and O–H groups in total. The van der Waals surface area contributed by atoms with E-state index in [0.29, 0.717) is 18.0 Å². The Morgan fingerprint density at radius 2 is 1.69 bits per heavy atom. The van der Waals surface area contributed by atoms with Gasteiger partial charge >= 0.3 is 0 Å². The Balaban J connectivity index is 1.84. The normalized spacial score (nSPS) is 14.8. The number of nitrogens with one attached hydrogen (secondary N) is 1. The topological polar surface area (TPSA) is 96.0 Å². The molecule has 2 amide bonds. The molecule has 9 heteroatoms. The van der Waals surface area contributed by atoms with E-state index in [1.165, 1.54) is 4.90 Å². The monoisotopic (exact) mass is 501 g/mol. The molecular formula is C26H35N3O5S. The average Bonchev–Trinajstić information content (AvgIpc) is 3.34. The predicted molar refractivity (Wildman–Crippen MR) is 137 cm³/mol. The number of ether oxygens (including phenoxy) is 1. The third-order valence-corrected chi connectivity index (χ3v) is 7.32. The summed E-state index contributed by atoms with van der Waals surface area (Å²) in [6, 6.07) is 15.3. The molecule has 1 fully saturated rings. The summed E-state index contributed by atoms with van der Waals surface area (Å²) in [5.41, 5.74) is 1.21. The molecule has 190 valence electrons. The lowest BCUT2D eigenvalue weighted by molar-refractivity contribution is -0.139. The number of rotatable bonds is 11. The number of sulfonamides is 1. The van der Waals surface area contributed by atoms with Crippen LogP contribution in [-0.4, -0.2) is 56.6 Å². The van der Waals surface area contributed by atoms with Crippen LogP contribution < -0.4 is 14.4 Å². The van der Waals surface area contributed by atoms with Crippen LogP contribution in [0.4, 0.5) is 5.69 Å². The lowest BCUT2D eigenvalue weighted by Crippen LogP contribution is -2.52. The maximum absolute atomic E-state index is 13.5. The molecule has 8 nitrogen and oxygen atoms in total. The first-order chi connectivity index (χ1) is 16.7. The summed E-state index contributed by atoms with van der Waals surface area (Å²) in [7, 11) is -3.76. The van der Waals surface area contributed by atoms with E-state index in [4.69, 9.17) is 4.74 Å². The van der Waals surface area contributed by atoms with Crippen molar-refractivity contribution in [2.24, 2.45) is 0 Å². The summed E-state index contributed by atoms with van der Waals surface area (Å²) >= 11 is 0. The third-order valence-electron chi connectivity index (χ3n) is 6.18. The Labute approximate surface area is 208 Å². The largest absolute Gasteiger partial charge is 0.494 e. The van der Waals surface area contributed by atoms with Gasteiger partial charge in [-0.2, -0.15) is 0 Å². The molecule has 0 aliphatic heterocycles. The van der Waals surface area contributed by atoms with Gasteiger partial charge in [-0.15, -0.1) is 0 Å². The number of carbonyl (C=O) groups is 2. The van der Waals surface area contributed by atoms with Crippen LogP contribution >= 0.6 is 0 Å². The number of carbonyl (C=O) groups excluding carboxylic acids is 2. The van der Waals surface area contributed by atoms with Crippen LogP contribution in [0.5, 0.6) is 5.75 Å². The van der Waals surface area contributed by atoms with Gasteiger partial charge in [0.25, 0.3) is 0 Å². The molecule has 0 saturated heterocycles. The van der Waals surface area contributed by atoms with E-state index in [1.54, 1.807) is 31.2 Å². The fourth-order valence-electron chi connectivity index (χ4n) is 4.24. The van der Waals surface area contributed by atoms with Gasteiger partial charge in [0, 0.05) is 12.6 Å². The zero-order chi connectivity index (χ0) is 25.4. The summed E-state index contributed by atoms with van der Waals surface area (Å²) in [5, 5.41) is 3.05. The van der Waals surface area contributed by atoms with Crippen LogP contribution in [0.2, 0.25) is 0 Å². The number of anilines is 1. The number of amides is 2. The molecule has 0 bridgehead atoms. The second-order valence-corrected chi connectivity index (χ2v) is 10.8. The summed E-state index contributed by atoms with van der Waals surface area (Å²) in [6.45, 7) is 3.82. The number of hydrogen-bond donors (Lipinski definition) is 1. The van der Waals surface area contributed by atoms with Gasteiger partial charge in [0.1, 0.15) is 18.3 Å². The molecule has 0 heterocycles. The Hall–Kier alpha value is -3.07. The van der Waals surface area contributed by atoms with Crippen molar-refractivity contribution in [2.75, 3.05) is 23.7 Å². The number of hydrogen-bond acceptors (Lipinski definition) is 5. The first-order valence-electron chi connectivity index (χ1n) is 12.0. The molecule has 1 aliphatic rings. The fourth-order valence-corrected chi connectivity index (χ4v) is 5.09. The molecule has 0 spiro atoms. The van der Waals surface area contributed by atoms with Gasteiger partial charge in [-0.25, -0.2) is 8.42 Å². The van der Waals surface area contributed by atoms with Gasteiger partial charge in [-0.3, -0.25) is 13.9 Å². The quantitative estimate of drug-likeness (QED) is 0.510. The van der Waals surface area contributed by atoms with Crippen LogP contribution in [0.25, 0.3) is 0 Å². The minimum absolute atomic E-state index is 0.120. The molecular weight excluding hydrogens is 466 g/mol. The summed E-state index contributed by atoms with van der Waals surface area (Å²) in [6.07, 6.45) is 5.10. The summed E-state index contributed by atoms with van der Waals surface area (Å²) in [4.78, 5) is 28.0. The zero-order valence-corrected chi connectivity index (χ0v) is 21.5. The van der Waals surface area contributed by atoms with Crippen molar-refractivity contribution in [2.45, 2.75) is 58.2 Å². The van der Waals surface area contributed by atoms with Gasteiger partial charge in [-0.1, -0.05) is 43.2 Å². The maximum atomic E-state index is 13.5. The maximum Gasteiger partial charge on any atom is 0.244 e. The summed E-state index contributed by atoms with van der Waals surface area (Å²) < 4.78 is 31.8. The predicted octanol–water partition coefficient (Wildman–Crippen LogP) is 3.33. The first-order valence-corrected chi connectivity index (χ1v) is 13.9. The molecule has 1 saturated carbocycles. The first kappa shape index (κ1) is 26.5. The van der Waals surface area contributed by atoms with Crippen LogP contribution in [0, 0.1) is 0 Å². The SMILES string of the molecule is CCOc1ccc(N(CC(=O)N(Cc2ccccc2)[C@H](C)C(=O)NC2CCCC2)S(C)(=O)=O)cc1. The van der Waals surface area contributed by atoms with E-state index < -0.39 is 28.5 Å². The van der Waals surface area contributed by atoms with Gasteiger partial charge in [0.05, 0.1) is 18.6 Å². The molecule has 3 rings (SSSR count). The van der Waals surface area contributed by atoms with Gasteiger partial charge < -0.3 is 15.0 Å². The minimum Gasteiger partial charge on any atom is -0.494 e. The molecule has 0 aromatic heterocycles. The molecule has 0 unspecified atom stereocenters. The van der Waals surface area contributed by atoms with Crippen LogP contribution in [0.15, 0.2) is 54.6 Å². The van der Waals surface area contributed by atoms with Crippen LogP contribution in [0.1, 0.15) is 45.1 Å². The van der Waals surface area contributed by atoms with Gasteiger partial charge in [-0.05, 0) is 56.5 Å². The molecule has 0 radical (unpaired) electrons. The Morgan fingerprint density at radius 3 is 2.26 bits per heavy atom. The molecule has 2 aromatic rings. The standard InChI is InChI=1S/C26H35N3O5S/c1-4-34-24-16-14-23(15-17-24)29(35(3,32)33)19-25(30)28(18-21-10-6-5-7-11-21)20(2)26(31)27-22-12-8-9-13-22/h5-7,10-11,14-17,20,22H,4,8-9,12-13,18-19H2,1-3H3,(H,27,31)/t20-/m1/s1. The zero-order valence-electron chi connectivity index (χ0n) is 20.6. The van der Waals surface area contributed by atoms with Crippen molar-refractivity contribution < 1.29 is 22.7 Å². The van der Waals surface area contributed by atoms with Crippen molar-refractivity contribution in [1.82, 2.24) is 10.2 Å². The van der Waals surface area contributed by atoms with Crippen molar-refractivity contribution >= 4 is 27.5 Å².